The molecular formula is C22H27N5O3S. The van der Waals surface area contributed by atoms with Crippen LogP contribution in [0.15, 0.2) is 41.4 Å². The van der Waals surface area contributed by atoms with E-state index in [4.69, 9.17) is 5.26 Å². The average molecular weight is 442 g/mol. The molecule has 1 aromatic carbocycles. The molecule has 0 unspecified atom stereocenters. The molecule has 4 rings (SSSR count). The van der Waals surface area contributed by atoms with Gasteiger partial charge in [-0.15, -0.1) is 0 Å². The van der Waals surface area contributed by atoms with E-state index in [1.165, 1.54) is 16.6 Å². The summed E-state index contributed by atoms with van der Waals surface area (Å²) in [6.07, 6.45) is 4.88. The minimum absolute atomic E-state index is 0.0377. The molecule has 8 nitrogen and oxygen atoms in total. The molecule has 0 radical (unpaired) electrons. The topological polar surface area (TPSA) is 98.4 Å². The van der Waals surface area contributed by atoms with Crippen molar-refractivity contribution in [3.8, 4) is 6.07 Å². The number of rotatable bonds is 5. The lowest BCUT2D eigenvalue weighted by Gasteiger charge is -2.34. The molecular weight excluding hydrogens is 414 g/mol. The molecule has 164 valence electrons. The van der Waals surface area contributed by atoms with Gasteiger partial charge in [0.25, 0.3) is 5.91 Å². The summed E-state index contributed by atoms with van der Waals surface area (Å²) in [7, 11) is -1.84. The van der Waals surface area contributed by atoms with Crippen molar-refractivity contribution in [2.75, 3.05) is 31.1 Å². The molecule has 0 aliphatic carbocycles. The Balaban J connectivity index is 1.37. The Kier molecular flexibility index (Phi) is 6.03. The number of nitrogens with one attached hydrogen (secondary N) is 1. The van der Waals surface area contributed by atoms with Crippen molar-refractivity contribution < 1.29 is 13.2 Å². The number of amides is 1. The van der Waals surface area contributed by atoms with E-state index < -0.39 is 10.0 Å². The minimum Gasteiger partial charge on any atom is -0.371 e. The zero-order valence-corrected chi connectivity index (χ0v) is 18.4. The first kappa shape index (κ1) is 21.4. The molecule has 0 atom stereocenters. The quantitative estimate of drug-likeness (QED) is 0.766. The van der Waals surface area contributed by atoms with Gasteiger partial charge < -0.3 is 14.8 Å². The molecule has 2 saturated heterocycles. The number of nitriles is 1. The predicted molar refractivity (Wildman–Crippen MR) is 117 cm³/mol. The number of aromatic nitrogens is 1. The monoisotopic (exact) mass is 441 g/mol. The van der Waals surface area contributed by atoms with Crippen molar-refractivity contribution >= 4 is 21.6 Å². The van der Waals surface area contributed by atoms with Crippen molar-refractivity contribution in [3.63, 3.8) is 0 Å². The second-order valence-electron chi connectivity index (χ2n) is 8.18. The summed E-state index contributed by atoms with van der Waals surface area (Å²) in [6, 6.07) is 11.2. The van der Waals surface area contributed by atoms with Gasteiger partial charge in [-0.05, 0) is 56.0 Å². The molecule has 0 spiro atoms. The second kappa shape index (κ2) is 8.73. The minimum atomic E-state index is -3.54. The normalized spacial score (nSPS) is 18.1. The number of hydrogen-bond donors (Lipinski definition) is 1. The Morgan fingerprint density at radius 3 is 2.35 bits per heavy atom. The van der Waals surface area contributed by atoms with Gasteiger partial charge in [0.2, 0.25) is 10.0 Å². The fraction of sp³-hybridized carbons (Fsp3) is 0.455. The van der Waals surface area contributed by atoms with E-state index in [-0.39, 0.29) is 16.8 Å². The lowest BCUT2D eigenvalue weighted by Crippen LogP contribution is -2.45. The summed E-state index contributed by atoms with van der Waals surface area (Å²) in [5, 5.41) is 12.0. The number of hydrogen-bond acceptors (Lipinski definition) is 5. The van der Waals surface area contributed by atoms with E-state index in [1.807, 2.05) is 24.3 Å². The van der Waals surface area contributed by atoms with Crippen molar-refractivity contribution in [2.45, 2.75) is 36.6 Å². The van der Waals surface area contributed by atoms with Crippen molar-refractivity contribution in [2.24, 2.45) is 7.05 Å². The van der Waals surface area contributed by atoms with E-state index in [2.05, 4.69) is 16.3 Å². The molecule has 2 fully saturated rings. The average Bonchev–Trinajstić information content (AvgIpc) is 3.45. The van der Waals surface area contributed by atoms with Gasteiger partial charge >= 0.3 is 0 Å². The summed E-state index contributed by atoms with van der Waals surface area (Å²) >= 11 is 0. The molecule has 9 heteroatoms. The van der Waals surface area contributed by atoms with Gasteiger partial charge in [0.1, 0.15) is 10.6 Å². The molecule has 0 bridgehead atoms. The highest BCUT2D eigenvalue weighted by Crippen LogP contribution is 2.24. The molecule has 1 N–H and O–H groups in total. The molecule has 2 aliphatic rings. The van der Waals surface area contributed by atoms with E-state index in [0.29, 0.717) is 24.3 Å². The molecule has 2 aromatic rings. The number of carbonyl (C=O) groups excluding carboxylic acids is 1. The summed E-state index contributed by atoms with van der Waals surface area (Å²) in [5.74, 6) is -0.248. The molecule has 2 aliphatic heterocycles. The molecule has 3 heterocycles. The Labute approximate surface area is 183 Å². The van der Waals surface area contributed by atoms with E-state index >= 15 is 0 Å². The van der Waals surface area contributed by atoms with Crippen LogP contribution in [0, 0.1) is 11.3 Å². The number of piperidine rings is 1. The van der Waals surface area contributed by atoms with Gasteiger partial charge in [0, 0.05) is 51.2 Å². The maximum absolute atomic E-state index is 12.8. The first-order chi connectivity index (χ1) is 14.9. The molecule has 1 amide bonds. The van der Waals surface area contributed by atoms with Crippen LogP contribution in [0.5, 0.6) is 0 Å². The first-order valence-electron chi connectivity index (χ1n) is 10.6. The number of sulfonamides is 1. The van der Waals surface area contributed by atoms with Gasteiger partial charge in [-0.25, -0.2) is 8.42 Å². The summed E-state index contributed by atoms with van der Waals surface area (Å²) < 4.78 is 28.6. The van der Waals surface area contributed by atoms with Crippen LogP contribution in [0.2, 0.25) is 0 Å². The maximum atomic E-state index is 12.8. The number of benzene rings is 1. The van der Waals surface area contributed by atoms with Crippen LogP contribution in [-0.4, -0.2) is 55.4 Å². The lowest BCUT2D eigenvalue weighted by molar-refractivity contribution is 0.0923. The molecule has 1 aromatic heterocycles. The van der Waals surface area contributed by atoms with E-state index in [1.54, 1.807) is 11.6 Å². The third kappa shape index (κ3) is 4.45. The molecule has 31 heavy (non-hydrogen) atoms. The lowest BCUT2D eigenvalue weighted by atomic mass is 10.0. The van der Waals surface area contributed by atoms with Crippen LogP contribution in [0.25, 0.3) is 0 Å². The van der Waals surface area contributed by atoms with Crippen LogP contribution >= 0.6 is 0 Å². The van der Waals surface area contributed by atoms with Gasteiger partial charge in [0.15, 0.2) is 0 Å². The highest BCUT2D eigenvalue weighted by molar-refractivity contribution is 7.89. The number of anilines is 1. The van der Waals surface area contributed by atoms with Gasteiger partial charge in [-0.1, -0.05) is 0 Å². The van der Waals surface area contributed by atoms with E-state index in [9.17, 15) is 13.2 Å². The third-order valence-corrected chi connectivity index (χ3v) is 7.97. The Morgan fingerprint density at radius 1 is 1.10 bits per heavy atom. The number of carbonyl (C=O) groups is 1. The van der Waals surface area contributed by atoms with Crippen molar-refractivity contribution in [1.29, 1.82) is 5.26 Å². The summed E-state index contributed by atoms with van der Waals surface area (Å²) in [4.78, 5) is 15.3. The van der Waals surface area contributed by atoms with Crippen molar-refractivity contribution in [1.82, 2.24) is 14.2 Å². The zero-order valence-electron chi connectivity index (χ0n) is 17.6. The van der Waals surface area contributed by atoms with Crippen LogP contribution < -0.4 is 10.2 Å². The van der Waals surface area contributed by atoms with Crippen LogP contribution in [0.1, 0.15) is 41.7 Å². The fourth-order valence-electron chi connectivity index (χ4n) is 4.27. The van der Waals surface area contributed by atoms with Crippen LogP contribution in [0.3, 0.4) is 0 Å². The van der Waals surface area contributed by atoms with Crippen LogP contribution in [0.4, 0.5) is 5.69 Å². The summed E-state index contributed by atoms with van der Waals surface area (Å²) in [5.41, 5.74) is 2.06. The zero-order chi connectivity index (χ0) is 22.0. The molecule has 0 saturated carbocycles. The first-order valence-corrected chi connectivity index (χ1v) is 12.0. The standard InChI is InChI=1S/C22H27N5O3S/c1-25-16-20(31(29,30)27-10-2-3-11-27)14-21(25)22(28)24-18-8-12-26(13-9-18)19-6-4-17(15-23)5-7-19/h4-7,14,16,18H,2-3,8-13H2,1H3,(H,24,28). The number of nitrogens with zero attached hydrogens (tertiary/aromatic N) is 4. The smallest absolute Gasteiger partial charge is 0.268 e. The van der Waals surface area contributed by atoms with E-state index in [0.717, 1.165) is 44.5 Å². The van der Waals surface area contributed by atoms with Gasteiger partial charge in [0.05, 0.1) is 11.6 Å². The van der Waals surface area contributed by atoms with Crippen molar-refractivity contribution in [3.05, 3.63) is 47.8 Å². The Morgan fingerprint density at radius 2 is 1.74 bits per heavy atom. The largest absolute Gasteiger partial charge is 0.371 e. The highest BCUT2D eigenvalue weighted by Gasteiger charge is 2.30. The van der Waals surface area contributed by atoms with Crippen LogP contribution in [-0.2, 0) is 17.1 Å². The predicted octanol–water partition coefficient (Wildman–Crippen LogP) is 2.08. The third-order valence-electron chi connectivity index (χ3n) is 6.11. The Hall–Kier alpha value is -2.83. The Bertz CT molecular complexity index is 1090. The summed E-state index contributed by atoms with van der Waals surface area (Å²) in [6.45, 7) is 2.68. The second-order valence-corrected chi connectivity index (χ2v) is 10.1. The SMILES string of the molecule is Cn1cc(S(=O)(=O)N2CCCC2)cc1C(=O)NC1CCN(c2ccc(C#N)cc2)CC1. The highest BCUT2D eigenvalue weighted by atomic mass is 32.2. The van der Waals surface area contributed by atoms with Gasteiger partial charge in [-0.2, -0.15) is 9.57 Å². The van der Waals surface area contributed by atoms with Gasteiger partial charge in [-0.3, -0.25) is 4.79 Å². The number of aryl methyl sites for hydroxylation is 1. The fourth-order valence-corrected chi connectivity index (χ4v) is 5.86. The maximum Gasteiger partial charge on any atom is 0.268 e.